The van der Waals surface area contributed by atoms with Gasteiger partial charge in [0.1, 0.15) is 6.61 Å². The molecule has 0 bridgehead atoms. The second kappa shape index (κ2) is 13.1. The molecule has 4 aromatic rings. The lowest BCUT2D eigenvalue weighted by atomic mass is 9.95. The van der Waals surface area contributed by atoms with Gasteiger partial charge in [-0.3, -0.25) is 9.36 Å². The number of carbonyl (C=O) groups excluding carboxylic acids is 1. The van der Waals surface area contributed by atoms with E-state index >= 15 is 0 Å². The quantitative estimate of drug-likeness (QED) is 0.181. The Morgan fingerprint density at radius 2 is 1.84 bits per heavy atom. The van der Waals surface area contributed by atoms with Gasteiger partial charge in [-0.15, -0.1) is 6.58 Å². The van der Waals surface area contributed by atoms with E-state index in [2.05, 4.69) is 11.6 Å². The van der Waals surface area contributed by atoms with E-state index in [4.69, 9.17) is 14.2 Å². The number of methoxy groups -OCH3 is 1. The van der Waals surface area contributed by atoms with Crippen LogP contribution in [0, 0.1) is 6.92 Å². The third-order valence-electron chi connectivity index (χ3n) is 7.17. The molecular weight excluding hydrogens is 560 g/mol. The Labute approximate surface area is 254 Å². The monoisotopic (exact) mass is 594 g/mol. The number of aryl methyl sites for hydroxylation is 1. The smallest absolute Gasteiger partial charge is 0.338 e. The first kappa shape index (κ1) is 29.8. The number of benzene rings is 3. The first-order valence-corrected chi connectivity index (χ1v) is 14.9. The molecule has 5 rings (SSSR count). The lowest BCUT2D eigenvalue weighted by molar-refractivity contribution is -0.139. The van der Waals surface area contributed by atoms with Crippen LogP contribution >= 0.6 is 11.3 Å². The molecule has 1 aliphatic heterocycles. The zero-order valence-corrected chi connectivity index (χ0v) is 25.6. The second-order valence-corrected chi connectivity index (χ2v) is 11.2. The number of hydrogen-bond acceptors (Lipinski definition) is 7. The van der Waals surface area contributed by atoms with E-state index in [1.54, 1.807) is 25.5 Å². The highest BCUT2D eigenvalue weighted by Crippen LogP contribution is 2.35. The van der Waals surface area contributed by atoms with Crippen LogP contribution in [-0.2, 0) is 22.6 Å². The number of aromatic nitrogens is 1. The average Bonchev–Trinajstić information content (AvgIpc) is 3.30. The van der Waals surface area contributed by atoms with Gasteiger partial charge in [0.25, 0.3) is 5.56 Å². The third kappa shape index (κ3) is 6.24. The van der Waals surface area contributed by atoms with Gasteiger partial charge < -0.3 is 14.2 Å². The SMILES string of the molecule is C=CCc1cc(/C=c2/sc3n(c2=O)[C@H](c2ccc(C)cc2)C(C(=O)OCC)=C(C)N=3)cc(OC)c1OCc1ccccc1. The number of nitrogens with zero attached hydrogens (tertiary/aromatic N) is 2. The molecule has 7 nitrogen and oxygen atoms in total. The number of allylic oxidation sites excluding steroid dienone is 2. The predicted molar refractivity (Wildman–Crippen MR) is 169 cm³/mol. The van der Waals surface area contributed by atoms with Crippen molar-refractivity contribution in [2.45, 2.75) is 39.8 Å². The summed E-state index contributed by atoms with van der Waals surface area (Å²) in [6.45, 7) is 10.1. The number of thiazole rings is 1. The fourth-order valence-corrected chi connectivity index (χ4v) is 6.17. The summed E-state index contributed by atoms with van der Waals surface area (Å²) in [5.41, 5.74) is 5.25. The van der Waals surface area contributed by atoms with Crippen molar-refractivity contribution in [2.75, 3.05) is 13.7 Å². The summed E-state index contributed by atoms with van der Waals surface area (Å²) in [6.07, 6.45) is 4.19. The Morgan fingerprint density at radius 1 is 1.09 bits per heavy atom. The minimum Gasteiger partial charge on any atom is -0.493 e. The van der Waals surface area contributed by atoms with Crippen LogP contribution in [0.1, 0.15) is 47.7 Å². The molecule has 2 heterocycles. The molecule has 43 heavy (non-hydrogen) atoms. The molecular formula is C35H34N2O5S. The number of hydrogen-bond donors (Lipinski definition) is 0. The molecule has 8 heteroatoms. The minimum atomic E-state index is -0.655. The Morgan fingerprint density at radius 3 is 2.51 bits per heavy atom. The summed E-state index contributed by atoms with van der Waals surface area (Å²) in [5.74, 6) is 0.722. The Hall–Kier alpha value is -4.69. The molecule has 3 aromatic carbocycles. The van der Waals surface area contributed by atoms with Crippen molar-refractivity contribution in [1.29, 1.82) is 0 Å². The van der Waals surface area contributed by atoms with Crippen molar-refractivity contribution in [3.63, 3.8) is 0 Å². The van der Waals surface area contributed by atoms with Crippen LogP contribution in [-0.4, -0.2) is 24.3 Å². The Kier molecular flexibility index (Phi) is 9.07. The molecule has 0 fully saturated rings. The van der Waals surface area contributed by atoms with Gasteiger partial charge in [-0.05, 0) is 62.1 Å². The first-order chi connectivity index (χ1) is 20.8. The normalized spacial score (nSPS) is 14.6. The molecule has 0 saturated carbocycles. The maximum absolute atomic E-state index is 14.0. The summed E-state index contributed by atoms with van der Waals surface area (Å²) in [6, 6.07) is 20.9. The van der Waals surface area contributed by atoms with E-state index in [-0.39, 0.29) is 12.2 Å². The van der Waals surface area contributed by atoms with Crippen LogP contribution < -0.4 is 24.4 Å². The van der Waals surface area contributed by atoms with E-state index in [1.165, 1.54) is 11.3 Å². The number of carbonyl (C=O) groups is 1. The summed E-state index contributed by atoms with van der Waals surface area (Å²) >= 11 is 1.28. The van der Waals surface area contributed by atoms with Crippen LogP contribution in [0.2, 0.25) is 0 Å². The molecule has 0 aliphatic carbocycles. The fourth-order valence-electron chi connectivity index (χ4n) is 5.13. The van der Waals surface area contributed by atoms with Crippen LogP contribution in [0.25, 0.3) is 6.08 Å². The molecule has 1 aromatic heterocycles. The molecule has 1 aliphatic rings. The lowest BCUT2D eigenvalue weighted by Crippen LogP contribution is -2.39. The summed E-state index contributed by atoms with van der Waals surface area (Å²) in [7, 11) is 1.60. The molecule has 0 unspecified atom stereocenters. The lowest BCUT2D eigenvalue weighted by Gasteiger charge is -2.24. The van der Waals surface area contributed by atoms with E-state index < -0.39 is 12.0 Å². The van der Waals surface area contributed by atoms with Gasteiger partial charge >= 0.3 is 5.97 Å². The van der Waals surface area contributed by atoms with Crippen molar-refractivity contribution in [3.8, 4) is 11.5 Å². The van der Waals surface area contributed by atoms with Crippen molar-refractivity contribution in [3.05, 3.63) is 138 Å². The summed E-state index contributed by atoms with van der Waals surface area (Å²) in [5, 5.41) is 0. The van der Waals surface area contributed by atoms with Crippen LogP contribution in [0.5, 0.6) is 11.5 Å². The number of fused-ring (bicyclic) bond motifs is 1. The van der Waals surface area contributed by atoms with Gasteiger partial charge in [-0.2, -0.15) is 0 Å². The average molecular weight is 595 g/mol. The van der Waals surface area contributed by atoms with Crippen LogP contribution in [0.3, 0.4) is 0 Å². The largest absolute Gasteiger partial charge is 0.493 e. The van der Waals surface area contributed by atoms with Gasteiger partial charge in [-0.25, -0.2) is 9.79 Å². The number of ether oxygens (including phenoxy) is 3. The van der Waals surface area contributed by atoms with Gasteiger partial charge in [0.15, 0.2) is 16.3 Å². The Balaban J connectivity index is 1.62. The van der Waals surface area contributed by atoms with Crippen molar-refractivity contribution in [2.24, 2.45) is 4.99 Å². The highest BCUT2D eigenvalue weighted by Gasteiger charge is 2.33. The standard InChI is InChI=1S/C35H34N2O5S/c1-6-11-27-18-25(19-28(40-5)32(27)42-21-24-12-9-8-10-13-24)20-29-33(38)37-31(26-16-14-22(3)15-17-26)30(34(39)41-7-2)23(4)36-35(37)43-29/h6,8-10,12-20,31H,1,7,11,21H2,2-5H3/b29-20+/t31-/m1/s1. The molecule has 0 spiro atoms. The highest BCUT2D eigenvalue weighted by atomic mass is 32.1. The molecule has 0 N–H and O–H groups in total. The fraction of sp³-hybridized carbons (Fsp3) is 0.229. The van der Waals surface area contributed by atoms with Crippen molar-refractivity contribution < 1.29 is 19.0 Å². The van der Waals surface area contributed by atoms with Crippen LogP contribution in [0.15, 0.2) is 100 Å². The van der Waals surface area contributed by atoms with E-state index in [0.717, 1.165) is 27.8 Å². The zero-order valence-electron chi connectivity index (χ0n) is 24.8. The van der Waals surface area contributed by atoms with Gasteiger partial charge in [0.2, 0.25) is 0 Å². The predicted octanol–water partition coefficient (Wildman–Crippen LogP) is 5.42. The van der Waals surface area contributed by atoms with Crippen LogP contribution in [0.4, 0.5) is 0 Å². The number of rotatable bonds is 10. The van der Waals surface area contributed by atoms with E-state index in [0.29, 0.717) is 45.1 Å². The Bertz CT molecular complexity index is 1870. The molecule has 0 radical (unpaired) electrons. The summed E-state index contributed by atoms with van der Waals surface area (Å²) < 4.78 is 19.4. The number of esters is 1. The second-order valence-electron chi connectivity index (χ2n) is 10.2. The van der Waals surface area contributed by atoms with E-state index in [9.17, 15) is 9.59 Å². The van der Waals surface area contributed by atoms with Gasteiger partial charge in [-0.1, -0.05) is 77.6 Å². The van der Waals surface area contributed by atoms with Gasteiger partial charge in [0.05, 0.1) is 35.6 Å². The maximum atomic E-state index is 14.0. The zero-order chi connectivity index (χ0) is 30.5. The molecule has 220 valence electrons. The van der Waals surface area contributed by atoms with Crippen molar-refractivity contribution in [1.82, 2.24) is 4.57 Å². The minimum absolute atomic E-state index is 0.223. The maximum Gasteiger partial charge on any atom is 0.338 e. The molecule has 1 atom stereocenters. The molecule has 0 amide bonds. The first-order valence-electron chi connectivity index (χ1n) is 14.1. The molecule has 0 saturated heterocycles. The summed E-state index contributed by atoms with van der Waals surface area (Å²) in [4.78, 5) is 32.4. The highest BCUT2D eigenvalue weighted by molar-refractivity contribution is 7.07. The van der Waals surface area contributed by atoms with Crippen molar-refractivity contribution >= 4 is 23.4 Å². The topological polar surface area (TPSA) is 79.1 Å². The van der Waals surface area contributed by atoms with E-state index in [1.807, 2.05) is 85.8 Å². The van der Waals surface area contributed by atoms with Gasteiger partial charge in [0, 0.05) is 5.56 Å². The third-order valence-corrected chi connectivity index (χ3v) is 8.16.